The van der Waals surface area contributed by atoms with Crippen LogP contribution in [0.5, 0.6) is 0 Å². The van der Waals surface area contributed by atoms with Crippen LogP contribution in [0.3, 0.4) is 0 Å². The van der Waals surface area contributed by atoms with Crippen molar-refractivity contribution in [1.82, 2.24) is 4.90 Å². The Morgan fingerprint density at radius 3 is 2.55 bits per heavy atom. The number of anilines is 2. The molecule has 33 heavy (non-hydrogen) atoms. The van der Waals surface area contributed by atoms with Crippen LogP contribution < -0.4 is 10.6 Å². The summed E-state index contributed by atoms with van der Waals surface area (Å²) < 4.78 is 0. The van der Waals surface area contributed by atoms with Crippen molar-refractivity contribution in [3.05, 3.63) is 94.0 Å². The largest absolute Gasteiger partial charge is 0.324 e. The molecule has 1 aliphatic heterocycles. The number of nitrogens with one attached hydrogen (secondary N) is 2. The van der Waals surface area contributed by atoms with Gasteiger partial charge in [0, 0.05) is 41.0 Å². The zero-order valence-electron chi connectivity index (χ0n) is 18.9. The summed E-state index contributed by atoms with van der Waals surface area (Å²) in [4.78, 5) is 27.5. The molecule has 3 aromatic rings. The first-order valence-corrected chi connectivity index (χ1v) is 11.6. The number of nitrogens with zero attached hydrogens (tertiary/aromatic N) is 1. The lowest BCUT2D eigenvalue weighted by molar-refractivity contribution is 0.102. The van der Waals surface area contributed by atoms with Crippen molar-refractivity contribution >= 4 is 34.9 Å². The maximum Gasteiger partial charge on any atom is 0.321 e. The van der Waals surface area contributed by atoms with E-state index >= 15 is 0 Å². The molecular formula is C27H28ClN3O2. The molecule has 0 aliphatic carbocycles. The number of amides is 3. The second-order valence-corrected chi connectivity index (χ2v) is 9.06. The van der Waals surface area contributed by atoms with Gasteiger partial charge in [-0.25, -0.2) is 4.79 Å². The lowest BCUT2D eigenvalue weighted by atomic mass is 9.89. The van der Waals surface area contributed by atoms with Crippen molar-refractivity contribution in [3.8, 4) is 0 Å². The zero-order valence-corrected chi connectivity index (χ0v) is 19.7. The topological polar surface area (TPSA) is 61.4 Å². The molecule has 1 saturated heterocycles. The smallest absolute Gasteiger partial charge is 0.321 e. The molecule has 0 bridgehead atoms. The molecule has 0 spiro atoms. The van der Waals surface area contributed by atoms with Crippen LogP contribution in [0, 0.1) is 13.8 Å². The summed E-state index contributed by atoms with van der Waals surface area (Å²) in [6, 6.07) is 20.7. The SMILES string of the molecule is Cc1ccc(C)c(NC(=O)c2cccc([C@H]3CCCN(C(=O)Nc4ccc(Cl)cc4)C3)c2)c1. The number of urea groups is 1. The van der Waals surface area contributed by atoms with Gasteiger partial charge < -0.3 is 15.5 Å². The molecule has 5 nitrogen and oxygen atoms in total. The first kappa shape index (κ1) is 22.9. The fourth-order valence-electron chi connectivity index (χ4n) is 4.17. The highest BCUT2D eigenvalue weighted by Crippen LogP contribution is 2.28. The predicted molar refractivity (Wildman–Crippen MR) is 134 cm³/mol. The Kier molecular flexibility index (Phi) is 6.99. The van der Waals surface area contributed by atoms with E-state index in [0.29, 0.717) is 23.7 Å². The molecule has 170 valence electrons. The molecule has 3 aromatic carbocycles. The number of piperidine rings is 1. The van der Waals surface area contributed by atoms with E-state index in [1.54, 1.807) is 24.3 Å². The Labute approximate surface area is 199 Å². The van der Waals surface area contributed by atoms with Crippen molar-refractivity contribution in [2.24, 2.45) is 0 Å². The van der Waals surface area contributed by atoms with Crippen LogP contribution in [0.25, 0.3) is 0 Å². The number of carbonyl (C=O) groups is 2. The summed E-state index contributed by atoms with van der Waals surface area (Å²) in [7, 11) is 0. The minimum atomic E-state index is -0.126. The molecule has 1 atom stereocenters. The van der Waals surface area contributed by atoms with E-state index in [9.17, 15) is 9.59 Å². The summed E-state index contributed by atoms with van der Waals surface area (Å²) in [6.07, 6.45) is 1.89. The number of hydrogen-bond donors (Lipinski definition) is 2. The Morgan fingerprint density at radius 1 is 0.970 bits per heavy atom. The third-order valence-electron chi connectivity index (χ3n) is 6.07. The van der Waals surface area contributed by atoms with Gasteiger partial charge in [0.25, 0.3) is 5.91 Å². The Hall–Kier alpha value is -3.31. The lowest BCUT2D eigenvalue weighted by Gasteiger charge is -2.33. The third-order valence-corrected chi connectivity index (χ3v) is 6.32. The van der Waals surface area contributed by atoms with E-state index in [1.807, 2.05) is 61.2 Å². The summed E-state index contributed by atoms with van der Waals surface area (Å²) in [6.45, 7) is 5.31. The van der Waals surface area contributed by atoms with Gasteiger partial charge in [0.1, 0.15) is 0 Å². The van der Waals surface area contributed by atoms with Crippen LogP contribution in [-0.4, -0.2) is 29.9 Å². The number of rotatable bonds is 4. The number of halogens is 1. The molecule has 3 amide bonds. The highest BCUT2D eigenvalue weighted by molar-refractivity contribution is 6.30. The molecule has 0 unspecified atom stereocenters. The van der Waals surface area contributed by atoms with Crippen molar-refractivity contribution in [2.75, 3.05) is 23.7 Å². The van der Waals surface area contributed by atoms with E-state index in [0.717, 1.165) is 40.9 Å². The van der Waals surface area contributed by atoms with Gasteiger partial charge in [0.2, 0.25) is 0 Å². The number of carbonyl (C=O) groups excluding carboxylic acids is 2. The second-order valence-electron chi connectivity index (χ2n) is 8.62. The van der Waals surface area contributed by atoms with Crippen LogP contribution in [0.15, 0.2) is 66.7 Å². The van der Waals surface area contributed by atoms with Crippen LogP contribution >= 0.6 is 11.6 Å². The van der Waals surface area contributed by atoms with E-state index < -0.39 is 0 Å². The summed E-state index contributed by atoms with van der Waals surface area (Å²) in [5.74, 6) is 0.0573. The van der Waals surface area contributed by atoms with Crippen molar-refractivity contribution < 1.29 is 9.59 Å². The van der Waals surface area contributed by atoms with E-state index in [4.69, 9.17) is 11.6 Å². The van der Waals surface area contributed by atoms with Gasteiger partial charge in [0.05, 0.1) is 0 Å². The summed E-state index contributed by atoms with van der Waals surface area (Å²) in [5.41, 5.74) is 5.37. The number of benzene rings is 3. The summed E-state index contributed by atoms with van der Waals surface area (Å²) >= 11 is 5.93. The van der Waals surface area contributed by atoms with Gasteiger partial charge in [-0.3, -0.25) is 4.79 Å². The minimum absolute atomic E-state index is 0.120. The average Bonchev–Trinajstić information content (AvgIpc) is 2.83. The first-order chi connectivity index (χ1) is 15.9. The fraction of sp³-hybridized carbons (Fsp3) is 0.259. The van der Waals surface area contributed by atoms with Crippen molar-refractivity contribution in [2.45, 2.75) is 32.6 Å². The van der Waals surface area contributed by atoms with Crippen LogP contribution in [0.2, 0.25) is 5.02 Å². The Bertz CT molecular complexity index is 1160. The number of aryl methyl sites for hydroxylation is 2. The van der Waals surface area contributed by atoms with Gasteiger partial charge in [-0.1, -0.05) is 35.9 Å². The molecule has 2 N–H and O–H groups in total. The molecule has 4 rings (SSSR count). The number of likely N-dealkylation sites (tertiary alicyclic amines) is 1. The molecule has 1 fully saturated rings. The Balaban J connectivity index is 1.44. The highest BCUT2D eigenvalue weighted by Gasteiger charge is 2.25. The summed E-state index contributed by atoms with van der Waals surface area (Å²) in [5, 5.41) is 6.61. The quantitative estimate of drug-likeness (QED) is 0.458. The third kappa shape index (κ3) is 5.74. The predicted octanol–water partition coefficient (Wildman–Crippen LogP) is 6.62. The van der Waals surface area contributed by atoms with Crippen LogP contribution in [0.4, 0.5) is 16.2 Å². The van der Waals surface area contributed by atoms with Gasteiger partial charge in [-0.2, -0.15) is 0 Å². The van der Waals surface area contributed by atoms with Gasteiger partial charge in [-0.05, 0) is 85.8 Å². The van der Waals surface area contributed by atoms with E-state index in [2.05, 4.69) is 10.6 Å². The molecule has 0 aromatic heterocycles. The van der Waals surface area contributed by atoms with E-state index in [-0.39, 0.29) is 17.9 Å². The maximum absolute atomic E-state index is 12.9. The zero-order chi connectivity index (χ0) is 23.4. The standard InChI is InChI=1S/C27H28ClN3O2/c1-18-8-9-19(2)25(15-18)30-26(32)21-6-3-5-20(16-21)22-7-4-14-31(17-22)27(33)29-24-12-10-23(28)11-13-24/h3,5-6,8-13,15-16,22H,4,7,14,17H2,1-2H3,(H,29,33)(H,30,32)/t22-/m0/s1. The lowest BCUT2D eigenvalue weighted by Crippen LogP contribution is -2.41. The molecule has 1 heterocycles. The molecule has 1 aliphatic rings. The van der Waals surface area contributed by atoms with Gasteiger partial charge >= 0.3 is 6.03 Å². The van der Waals surface area contributed by atoms with Crippen LogP contribution in [-0.2, 0) is 0 Å². The molecule has 0 saturated carbocycles. The fourth-order valence-corrected chi connectivity index (χ4v) is 4.29. The Morgan fingerprint density at radius 2 is 1.76 bits per heavy atom. The maximum atomic E-state index is 12.9. The van der Waals surface area contributed by atoms with E-state index in [1.165, 1.54) is 0 Å². The normalized spacial score (nSPS) is 15.7. The highest BCUT2D eigenvalue weighted by atomic mass is 35.5. The molecule has 6 heteroatoms. The average molecular weight is 462 g/mol. The monoisotopic (exact) mass is 461 g/mol. The van der Waals surface area contributed by atoms with Crippen molar-refractivity contribution in [3.63, 3.8) is 0 Å². The molecule has 0 radical (unpaired) electrons. The van der Waals surface area contributed by atoms with Gasteiger partial charge in [0.15, 0.2) is 0 Å². The number of hydrogen-bond acceptors (Lipinski definition) is 2. The van der Waals surface area contributed by atoms with Gasteiger partial charge in [-0.15, -0.1) is 0 Å². The minimum Gasteiger partial charge on any atom is -0.324 e. The van der Waals surface area contributed by atoms with Crippen LogP contribution in [0.1, 0.15) is 45.8 Å². The van der Waals surface area contributed by atoms with Crippen molar-refractivity contribution in [1.29, 1.82) is 0 Å². The molecular weight excluding hydrogens is 434 g/mol. The second kappa shape index (κ2) is 10.1. The first-order valence-electron chi connectivity index (χ1n) is 11.2.